The van der Waals surface area contributed by atoms with Crippen LogP contribution in [0.5, 0.6) is 0 Å². The maximum Gasteiger partial charge on any atom is 0.416 e. The fourth-order valence-corrected chi connectivity index (χ4v) is 3.58. The Morgan fingerprint density at radius 1 is 1.22 bits per heavy atom. The van der Waals surface area contributed by atoms with Gasteiger partial charge in [0.25, 0.3) is 0 Å². The number of benzene rings is 1. The smallest absolute Gasteiger partial charge is 0.399 e. The Morgan fingerprint density at radius 2 is 1.89 bits per heavy atom. The van der Waals surface area contributed by atoms with Crippen molar-refractivity contribution in [2.45, 2.75) is 42.9 Å². The molecule has 0 heterocycles. The first kappa shape index (κ1) is 13.6. The molecule has 1 fully saturated rings. The van der Waals surface area contributed by atoms with Crippen molar-refractivity contribution >= 4 is 17.4 Å². The molecule has 0 aliphatic heterocycles. The Kier molecular flexibility index (Phi) is 4.10. The number of nitrogen functional groups attached to an aromatic ring is 1. The number of rotatable bonds is 3. The molecule has 0 unspecified atom stereocenters. The summed E-state index contributed by atoms with van der Waals surface area (Å²) in [6, 6.07) is 4.07. The first-order valence-corrected chi connectivity index (χ1v) is 7.09. The molecule has 1 aromatic carbocycles. The van der Waals surface area contributed by atoms with E-state index in [1.807, 2.05) is 0 Å². The summed E-state index contributed by atoms with van der Waals surface area (Å²) in [5, 5.41) is 0.517. The third-order valence-electron chi connectivity index (χ3n) is 3.22. The van der Waals surface area contributed by atoms with Gasteiger partial charge in [0.2, 0.25) is 0 Å². The third kappa shape index (κ3) is 3.34. The van der Waals surface area contributed by atoms with Crippen LogP contribution in [-0.4, -0.2) is 5.25 Å². The quantitative estimate of drug-likeness (QED) is 0.824. The molecular formula is C13H16F3NS. The van der Waals surface area contributed by atoms with Crippen molar-refractivity contribution in [2.24, 2.45) is 0 Å². The van der Waals surface area contributed by atoms with Gasteiger partial charge in [0.05, 0.1) is 5.56 Å². The van der Waals surface area contributed by atoms with Gasteiger partial charge in [-0.15, -0.1) is 0 Å². The van der Waals surface area contributed by atoms with Crippen LogP contribution in [0.4, 0.5) is 18.9 Å². The molecule has 18 heavy (non-hydrogen) atoms. The molecule has 0 saturated heterocycles. The lowest BCUT2D eigenvalue weighted by Crippen LogP contribution is -2.10. The fourth-order valence-electron chi connectivity index (χ4n) is 2.25. The molecule has 5 heteroatoms. The molecule has 0 radical (unpaired) electrons. The van der Waals surface area contributed by atoms with Gasteiger partial charge >= 0.3 is 6.18 Å². The second-order valence-electron chi connectivity index (χ2n) is 4.63. The number of halogens is 3. The lowest BCUT2D eigenvalue weighted by atomic mass is 10.1. The predicted octanol–water partition coefficient (Wildman–Crippen LogP) is 4.46. The Hall–Kier alpha value is -0.840. The SMILES string of the molecule is Nc1ccc(CSC2CCCC2)c(C(F)(F)F)c1. The van der Waals surface area contributed by atoms with Crippen LogP contribution >= 0.6 is 11.8 Å². The van der Waals surface area contributed by atoms with E-state index in [0.717, 1.165) is 18.9 Å². The highest BCUT2D eigenvalue weighted by atomic mass is 32.2. The minimum Gasteiger partial charge on any atom is -0.399 e. The maximum atomic E-state index is 12.9. The summed E-state index contributed by atoms with van der Waals surface area (Å²) in [4.78, 5) is 0. The predicted molar refractivity (Wildman–Crippen MR) is 69.4 cm³/mol. The van der Waals surface area contributed by atoms with Gasteiger partial charge in [-0.2, -0.15) is 24.9 Å². The van der Waals surface area contributed by atoms with E-state index in [0.29, 0.717) is 16.6 Å². The van der Waals surface area contributed by atoms with Crippen LogP contribution < -0.4 is 5.73 Å². The molecule has 0 amide bonds. The second kappa shape index (κ2) is 5.43. The molecule has 0 atom stereocenters. The molecule has 100 valence electrons. The summed E-state index contributed by atoms with van der Waals surface area (Å²) < 4.78 is 38.6. The van der Waals surface area contributed by atoms with Gasteiger partial charge in [-0.05, 0) is 30.5 Å². The molecule has 1 aliphatic rings. The molecule has 1 aromatic rings. The lowest BCUT2D eigenvalue weighted by molar-refractivity contribution is -0.138. The molecule has 1 nitrogen and oxygen atoms in total. The highest BCUT2D eigenvalue weighted by Gasteiger charge is 2.33. The highest BCUT2D eigenvalue weighted by Crippen LogP contribution is 2.37. The van der Waals surface area contributed by atoms with Crippen molar-refractivity contribution in [2.75, 3.05) is 5.73 Å². The van der Waals surface area contributed by atoms with Gasteiger partial charge in [-0.3, -0.25) is 0 Å². The van der Waals surface area contributed by atoms with E-state index in [-0.39, 0.29) is 5.69 Å². The Morgan fingerprint density at radius 3 is 2.50 bits per heavy atom. The first-order chi connectivity index (χ1) is 8.47. The number of hydrogen-bond acceptors (Lipinski definition) is 2. The van der Waals surface area contributed by atoms with Crippen molar-refractivity contribution in [1.82, 2.24) is 0 Å². The topological polar surface area (TPSA) is 26.0 Å². The Balaban J connectivity index is 2.11. The van der Waals surface area contributed by atoms with Crippen LogP contribution in [-0.2, 0) is 11.9 Å². The van der Waals surface area contributed by atoms with Crippen LogP contribution in [0.2, 0.25) is 0 Å². The standard InChI is InChI=1S/C13H16F3NS/c14-13(15,16)12-7-10(17)6-5-9(12)8-18-11-3-1-2-4-11/h5-7,11H,1-4,8,17H2. The molecule has 0 spiro atoms. The average Bonchev–Trinajstić information content (AvgIpc) is 2.79. The summed E-state index contributed by atoms with van der Waals surface area (Å²) >= 11 is 1.63. The van der Waals surface area contributed by atoms with E-state index in [1.54, 1.807) is 17.8 Å². The average molecular weight is 275 g/mol. The molecule has 0 aromatic heterocycles. The Labute approximate surface area is 109 Å². The van der Waals surface area contributed by atoms with Crippen LogP contribution in [0.3, 0.4) is 0 Å². The number of alkyl halides is 3. The normalized spacial score (nSPS) is 17.3. The van der Waals surface area contributed by atoms with Gasteiger partial charge in [0, 0.05) is 16.7 Å². The van der Waals surface area contributed by atoms with E-state index < -0.39 is 11.7 Å². The van der Waals surface area contributed by atoms with Crippen molar-refractivity contribution in [1.29, 1.82) is 0 Å². The van der Waals surface area contributed by atoms with Crippen molar-refractivity contribution in [3.63, 3.8) is 0 Å². The number of anilines is 1. The van der Waals surface area contributed by atoms with Crippen molar-refractivity contribution in [3.05, 3.63) is 29.3 Å². The molecule has 0 bridgehead atoms. The van der Waals surface area contributed by atoms with Gasteiger partial charge < -0.3 is 5.73 Å². The number of hydrogen-bond donors (Lipinski definition) is 1. The molecular weight excluding hydrogens is 259 g/mol. The molecule has 2 rings (SSSR count). The zero-order chi connectivity index (χ0) is 13.2. The Bertz CT molecular complexity index is 411. The third-order valence-corrected chi connectivity index (χ3v) is 4.64. The highest BCUT2D eigenvalue weighted by molar-refractivity contribution is 7.99. The summed E-state index contributed by atoms with van der Waals surface area (Å²) in [7, 11) is 0. The van der Waals surface area contributed by atoms with Gasteiger partial charge in [-0.25, -0.2) is 0 Å². The summed E-state index contributed by atoms with van der Waals surface area (Å²) in [6.07, 6.45) is 0.333. The van der Waals surface area contributed by atoms with E-state index in [2.05, 4.69) is 0 Å². The lowest BCUT2D eigenvalue weighted by Gasteiger charge is -2.15. The van der Waals surface area contributed by atoms with Crippen LogP contribution in [0.15, 0.2) is 18.2 Å². The van der Waals surface area contributed by atoms with E-state index in [1.165, 1.54) is 18.9 Å². The van der Waals surface area contributed by atoms with Gasteiger partial charge in [0.15, 0.2) is 0 Å². The second-order valence-corrected chi connectivity index (χ2v) is 5.92. The van der Waals surface area contributed by atoms with Crippen LogP contribution in [0.1, 0.15) is 36.8 Å². The molecule has 1 saturated carbocycles. The zero-order valence-corrected chi connectivity index (χ0v) is 10.8. The summed E-state index contributed by atoms with van der Waals surface area (Å²) in [5.41, 5.74) is 5.35. The number of nitrogens with two attached hydrogens (primary N) is 1. The summed E-state index contributed by atoms with van der Waals surface area (Å²) in [6.45, 7) is 0. The maximum absolute atomic E-state index is 12.9. The van der Waals surface area contributed by atoms with Crippen LogP contribution in [0, 0.1) is 0 Å². The largest absolute Gasteiger partial charge is 0.416 e. The molecule has 1 aliphatic carbocycles. The molecule has 2 N–H and O–H groups in total. The zero-order valence-electron chi connectivity index (χ0n) is 9.96. The van der Waals surface area contributed by atoms with Crippen molar-refractivity contribution < 1.29 is 13.2 Å². The van der Waals surface area contributed by atoms with Crippen LogP contribution in [0.25, 0.3) is 0 Å². The van der Waals surface area contributed by atoms with E-state index >= 15 is 0 Å². The first-order valence-electron chi connectivity index (χ1n) is 6.04. The van der Waals surface area contributed by atoms with E-state index in [4.69, 9.17) is 5.73 Å². The summed E-state index contributed by atoms with van der Waals surface area (Å²) in [5.74, 6) is 0.416. The van der Waals surface area contributed by atoms with Crippen molar-refractivity contribution in [3.8, 4) is 0 Å². The van der Waals surface area contributed by atoms with E-state index in [9.17, 15) is 13.2 Å². The minimum atomic E-state index is -4.32. The fraction of sp³-hybridized carbons (Fsp3) is 0.538. The monoisotopic (exact) mass is 275 g/mol. The van der Waals surface area contributed by atoms with Gasteiger partial charge in [0.1, 0.15) is 0 Å². The number of thioether (sulfide) groups is 1. The minimum absolute atomic E-state index is 0.164. The van der Waals surface area contributed by atoms with Gasteiger partial charge in [-0.1, -0.05) is 18.9 Å².